The average molecular weight is 218 g/mol. The SMILES string of the molecule is CCCCOCCOCC1(CS)CC1. The average Bonchev–Trinajstić information content (AvgIpc) is 2.98. The minimum Gasteiger partial charge on any atom is -0.379 e. The Morgan fingerprint density at radius 3 is 2.43 bits per heavy atom. The molecule has 1 fully saturated rings. The van der Waals surface area contributed by atoms with E-state index in [0.29, 0.717) is 5.41 Å². The van der Waals surface area contributed by atoms with E-state index >= 15 is 0 Å². The molecular weight excluding hydrogens is 196 g/mol. The van der Waals surface area contributed by atoms with E-state index in [4.69, 9.17) is 9.47 Å². The van der Waals surface area contributed by atoms with Crippen LogP contribution in [0, 0.1) is 5.41 Å². The van der Waals surface area contributed by atoms with Crippen molar-refractivity contribution >= 4 is 12.6 Å². The van der Waals surface area contributed by atoms with Crippen LogP contribution in [0.3, 0.4) is 0 Å². The van der Waals surface area contributed by atoms with Gasteiger partial charge in [0.15, 0.2) is 0 Å². The van der Waals surface area contributed by atoms with Gasteiger partial charge < -0.3 is 9.47 Å². The molecule has 0 unspecified atom stereocenters. The summed E-state index contributed by atoms with van der Waals surface area (Å²) >= 11 is 4.32. The maximum Gasteiger partial charge on any atom is 0.0700 e. The Hall–Kier alpha value is 0.270. The van der Waals surface area contributed by atoms with Crippen molar-refractivity contribution in [3.05, 3.63) is 0 Å². The topological polar surface area (TPSA) is 18.5 Å². The lowest BCUT2D eigenvalue weighted by molar-refractivity contribution is 0.0317. The van der Waals surface area contributed by atoms with Crippen LogP contribution in [-0.2, 0) is 9.47 Å². The van der Waals surface area contributed by atoms with Gasteiger partial charge in [-0.1, -0.05) is 13.3 Å². The van der Waals surface area contributed by atoms with Gasteiger partial charge in [-0.2, -0.15) is 12.6 Å². The molecule has 0 aromatic carbocycles. The maximum absolute atomic E-state index is 5.56. The zero-order valence-electron chi connectivity index (χ0n) is 9.13. The van der Waals surface area contributed by atoms with Gasteiger partial charge in [0.1, 0.15) is 0 Å². The third-order valence-electron chi connectivity index (χ3n) is 2.72. The van der Waals surface area contributed by atoms with Crippen LogP contribution >= 0.6 is 12.6 Å². The molecule has 0 atom stereocenters. The molecule has 0 aromatic rings. The molecule has 0 bridgehead atoms. The number of thiol groups is 1. The van der Waals surface area contributed by atoms with Crippen molar-refractivity contribution < 1.29 is 9.47 Å². The van der Waals surface area contributed by atoms with Crippen LogP contribution in [0.1, 0.15) is 32.6 Å². The highest BCUT2D eigenvalue weighted by atomic mass is 32.1. The molecule has 0 heterocycles. The molecule has 1 rings (SSSR count). The first-order valence-corrected chi connectivity index (χ1v) is 6.22. The summed E-state index contributed by atoms with van der Waals surface area (Å²) in [6, 6.07) is 0. The Bertz CT molecular complexity index is 146. The number of hydrogen-bond acceptors (Lipinski definition) is 3. The quantitative estimate of drug-likeness (QED) is 0.473. The second kappa shape index (κ2) is 6.70. The molecule has 0 aromatic heterocycles. The highest BCUT2D eigenvalue weighted by Crippen LogP contribution is 2.46. The van der Waals surface area contributed by atoms with Gasteiger partial charge in [-0.3, -0.25) is 0 Å². The summed E-state index contributed by atoms with van der Waals surface area (Å²) < 4.78 is 11.0. The fraction of sp³-hybridized carbons (Fsp3) is 1.00. The highest BCUT2D eigenvalue weighted by Gasteiger charge is 2.41. The van der Waals surface area contributed by atoms with Crippen molar-refractivity contribution in [3.8, 4) is 0 Å². The molecule has 1 aliphatic carbocycles. The van der Waals surface area contributed by atoms with Gasteiger partial charge >= 0.3 is 0 Å². The molecule has 0 aliphatic heterocycles. The Balaban J connectivity index is 1.80. The van der Waals surface area contributed by atoms with Crippen molar-refractivity contribution in [2.45, 2.75) is 32.6 Å². The molecule has 0 saturated heterocycles. The van der Waals surface area contributed by atoms with Crippen molar-refractivity contribution in [1.82, 2.24) is 0 Å². The predicted octanol–water partition coefficient (Wildman–Crippen LogP) is 2.53. The van der Waals surface area contributed by atoms with Crippen LogP contribution in [-0.4, -0.2) is 32.2 Å². The van der Waals surface area contributed by atoms with Gasteiger partial charge in [-0.15, -0.1) is 0 Å². The Morgan fingerprint density at radius 1 is 1.14 bits per heavy atom. The summed E-state index contributed by atoms with van der Waals surface area (Å²) in [5, 5.41) is 0. The van der Waals surface area contributed by atoms with Crippen LogP contribution in [0.25, 0.3) is 0 Å². The van der Waals surface area contributed by atoms with Crippen LogP contribution in [0.15, 0.2) is 0 Å². The van der Waals surface area contributed by atoms with Crippen LogP contribution in [0.2, 0.25) is 0 Å². The highest BCUT2D eigenvalue weighted by molar-refractivity contribution is 7.80. The number of ether oxygens (including phenoxy) is 2. The molecule has 84 valence electrons. The van der Waals surface area contributed by atoms with E-state index in [0.717, 1.165) is 38.6 Å². The van der Waals surface area contributed by atoms with Crippen LogP contribution in [0.4, 0.5) is 0 Å². The molecule has 3 heteroatoms. The first kappa shape index (κ1) is 12.3. The van der Waals surface area contributed by atoms with Crippen molar-refractivity contribution in [2.75, 3.05) is 32.2 Å². The van der Waals surface area contributed by atoms with E-state index in [1.165, 1.54) is 19.3 Å². The molecule has 14 heavy (non-hydrogen) atoms. The zero-order chi connectivity index (χ0) is 10.3. The van der Waals surface area contributed by atoms with Crippen LogP contribution in [0.5, 0.6) is 0 Å². The largest absolute Gasteiger partial charge is 0.379 e. The summed E-state index contributed by atoms with van der Waals surface area (Å²) in [6.07, 6.45) is 4.92. The second-order valence-electron chi connectivity index (χ2n) is 4.18. The second-order valence-corrected chi connectivity index (χ2v) is 4.49. The minimum atomic E-state index is 0.423. The van der Waals surface area contributed by atoms with Crippen molar-refractivity contribution in [1.29, 1.82) is 0 Å². The smallest absolute Gasteiger partial charge is 0.0700 e. The lowest BCUT2D eigenvalue weighted by Crippen LogP contribution is -2.15. The number of hydrogen-bond donors (Lipinski definition) is 1. The monoisotopic (exact) mass is 218 g/mol. The molecule has 1 saturated carbocycles. The first-order chi connectivity index (χ1) is 6.83. The van der Waals surface area contributed by atoms with Crippen molar-refractivity contribution in [3.63, 3.8) is 0 Å². The van der Waals surface area contributed by atoms with E-state index < -0.39 is 0 Å². The summed E-state index contributed by atoms with van der Waals surface area (Å²) in [5.41, 5.74) is 0.423. The molecule has 2 nitrogen and oxygen atoms in total. The minimum absolute atomic E-state index is 0.423. The predicted molar refractivity (Wildman–Crippen MR) is 62.1 cm³/mol. The summed E-state index contributed by atoms with van der Waals surface area (Å²) in [6.45, 7) is 5.39. The third kappa shape index (κ3) is 4.67. The van der Waals surface area contributed by atoms with E-state index in [-0.39, 0.29) is 0 Å². The van der Waals surface area contributed by atoms with Gasteiger partial charge in [0.05, 0.1) is 19.8 Å². The summed E-state index contributed by atoms with van der Waals surface area (Å²) in [4.78, 5) is 0. The van der Waals surface area contributed by atoms with Gasteiger partial charge in [0.2, 0.25) is 0 Å². The Labute approximate surface area is 92.8 Å². The van der Waals surface area contributed by atoms with Gasteiger partial charge in [0, 0.05) is 12.0 Å². The number of unbranched alkanes of at least 4 members (excludes halogenated alkanes) is 1. The lowest BCUT2D eigenvalue weighted by Gasteiger charge is -2.12. The van der Waals surface area contributed by atoms with Crippen molar-refractivity contribution in [2.24, 2.45) is 5.41 Å². The molecule has 0 amide bonds. The molecule has 0 N–H and O–H groups in total. The number of rotatable bonds is 9. The third-order valence-corrected chi connectivity index (χ3v) is 3.39. The Morgan fingerprint density at radius 2 is 1.86 bits per heavy atom. The van der Waals surface area contributed by atoms with E-state index in [1.807, 2.05) is 0 Å². The normalized spacial score (nSPS) is 18.4. The summed E-state index contributed by atoms with van der Waals surface area (Å²) in [5.74, 6) is 0.962. The first-order valence-electron chi connectivity index (χ1n) is 5.59. The molecular formula is C11H22O2S. The maximum atomic E-state index is 5.56. The van der Waals surface area contributed by atoms with Gasteiger partial charge in [-0.25, -0.2) is 0 Å². The fourth-order valence-electron chi connectivity index (χ4n) is 1.28. The summed E-state index contributed by atoms with van der Waals surface area (Å²) in [7, 11) is 0. The zero-order valence-corrected chi connectivity index (χ0v) is 10.0. The lowest BCUT2D eigenvalue weighted by atomic mass is 10.2. The van der Waals surface area contributed by atoms with E-state index in [9.17, 15) is 0 Å². The van der Waals surface area contributed by atoms with Gasteiger partial charge in [-0.05, 0) is 25.0 Å². The van der Waals surface area contributed by atoms with E-state index in [2.05, 4.69) is 19.6 Å². The fourth-order valence-corrected chi connectivity index (χ4v) is 1.69. The Kier molecular flexibility index (Phi) is 5.90. The molecule has 1 aliphatic rings. The van der Waals surface area contributed by atoms with Crippen LogP contribution < -0.4 is 0 Å². The molecule has 0 spiro atoms. The standard InChI is InChI=1S/C11H22O2S/c1-2-3-6-12-7-8-13-9-11(10-14)4-5-11/h14H,2-10H2,1H3. The van der Waals surface area contributed by atoms with E-state index in [1.54, 1.807) is 0 Å². The van der Waals surface area contributed by atoms with Gasteiger partial charge in [0.25, 0.3) is 0 Å². The molecule has 0 radical (unpaired) electrons.